The first-order valence-electron chi connectivity index (χ1n) is 8.00. The molecule has 4 heteroatoms. The molecule has 4 nitrogen and oxygen atoms in total. The predicted octanol–water partition coefficient (Wildman–Crippen LogP) is 4.50. The molecular formula is C18H27N3O. The summed E-state index contributed by atoms with van der Waals surface area (Å²) in [5.74, 6) is 0.928. The van der Waals surface area contributed by atoms with E-state index < -0.39 is 0 Å². The van der Waals surface area contributed by atoms with Crippen LogP contribution < -0.4 is 10.1 Å². The van der Waals surface area contributed by atoms with Crippen LogP contribution in [0.4, 0.5) is 5.69 Å². The van der Waals surface area contributed by atoms with E-state index in [9.17, 15) is 0 Å². The second-order valence-electron chi connectivity index (χ2n) is 6.59. The Morgan fingerprint density at radius 3 is 2.55 bits per heavy atom. The smallest absolute Gasteiger partial charge is 0.119 e. The molecule has 0 atom stereocenters. The molecule has 1 aromatic heterocycles. The van der Waals surface area contributed by atoms with E-state index in [-0.39, 0.29) is 5.41 Å². The van der Waals surface area contributed by atoms with Crippen LogP contribution in [0.15, 0.2) is 30.5 Å². The van der Waals surface area contributed by atoms with Crippen molar-refractivity contribution in [3.05, 3.63) is 41.7 Å². The molecule has 0 spiro atoms. The van der Waals surface area contributed by atoms with E-state index >= 15 is 0 Å². The number of nitrogens with one attached hydrogen (secondary N) is 2. The van der Waals surface area contributed by atoms with Crippen molar-refractivity contribution in [3.63, 3.8) is 0 Å². The number of anilines is 1. The molecule has 0 saturated heterocycles. The van der Waals surface area contributed by atoms with Crippen LogP contribution in [0.25, 0.3) is 0 Å². The van der Waals surface area contributed by atoms with Gasteiger partial charge in [0.15, 0.2) is 0 Å². The van der Waals surface area contributed by atoms with Gasteiger partial charge in [-0.1, -0.05) is 34.1 Å². The third-order valence-corrected chi connectivity index (χ3v) is 3.53. The van der Waals surface area contributed by atoms with Gasteiger partial charge in [-0.25, -0.2) is 0 Å². The van der Waals surface area contributed by atoms with Crippen molar-refractivity contribution < 1.29 is 4.74 Å². The van der Waals surface area contributed by atoms with Gasteiger partial charge in [0.2, 0.25) is 0 Å². The van der Waals surface area contributed by atoms with E-state index in [0.29, 0.717) is 0 Å². The van der Waals surface area contributed by atoms with Crippen LogP contribution in [-0.4, -0.2) is 16.8 Å². The van der Waals surface area contributed by atoms with E-state index in [4.69, 9.17) is 4.74 Å². The number of hydrogen-bond donors (Lipinski definition) is 2. The molecule has 0 aliphatic carbocycles. The number of rotatable bonds is 7. The molecule has 0 saturated carbocycles. The molecular weight excluding hydrogens is 274 g/mol. The Kier molecular flexibility index (Phi) is 5.47. The number of aromatic amines is 1. The molecule has 1 heterocycles. The fourth-order valence-corrected chi connectivity index (χ4v) is 2.30. The van der Waals surface area contributed by atoms with Gasteiger partial charge in [0.25, 0.3) is 0 Å². The van der Waals surface area contributed by atoms with Gasteiger partial charge in [0.05, 0.1) is 12.3 Å². The van der Waals surface area contributed by atoms with Gasteiger partial charge in [-0.2, -0.15) is 5.10 Å². The Morgan fingerprint density at radius 2 is 1.91 bits per heavy atom. The first-order chi connectivity index (χ1) is 10.5. The van der Waals surface area contributed by atoms with Crippen molar-refractivity contribution in [3.8, 4) is 5.75 Å². The molecule has 0 radical (unpaired) electrons. The average Bonchev–Trinajstić information content (AvgIpc) is 2.95. The van der Waals surface area contributed by atoms with Gasteiger partial charge in [0, 0.05) is 29.4 Å². The van der Waals surface area contributed by atoms with E-state index in [1.165, 1.54) is 5.56 Å². The quantitative estimate of drug-likeness (QED) is 0.740. The van der Waals surface area contributed by atoms with Crippen molar-refractivity contribution in [1.82, 2.24) is 10.2 Å². The summed E-state index contributed by atoms with van der Waals surface area (Å²) in [6.45, 7) is 10.2. The van der Waals surface area contributed by atoms with E-state index in [0.717, 1.165) is 43.1 Å². The number of ether oxygens (including phenoxy) is 1. The van der Waals surface area contributed by atoms with E-state index in [1.807, 2.05) is 18.3 Å². The van der Waals surface area contributed by atoms with Crippen LogP contribution in [0.1, 0.15) is 51.8 Å². The third-order valence-electron chi connectivity index (χ3n) is 3.53. The first kappa shape index (κ1) is 16.4. The zero-order valence-corrected chi connectivity index (χ0v) is 14.1. The number of aromatic nitrogens is 2. The molecule has 2 N–H and O–H groups in total. The molecule has 0 bridgehead atoms. The largest absolute Gasteiger partial charge is 0.494 e. The fraction of sp³-hybridized carbons (Fsp3) is 0.500. The lowest BCUT2D eigenvalue weighted by molar-refractivity contribution is 0.309. The summed E-state index contributed by atoms with van der Waals surface area (Å²) in [4.78, 5) is 0. The molecule has 0 aliphatic heterocycles. The Bertz CT molecular complexity index is 567. The third kappa shape index (κ3) is 4.52. The number of hydrogen-bond acceptors (Lipinski definition) is 3. The first-order valence-corrected chi connectivity index (χ1v) is 8.00. The van der Waals surface area contributed by atoms with Crippen molar-refractivity contribution in [2.75, 3.05) is 11.9 Å². The fourth-order valence-electron chi connectivity index (χ4n) is 2.30. The Hall–Kier alpha value is -1.97. The minimum absolute atomic E-state index is 0.0496. The molecule has 120 valence electrons. The Morgan fingerprint density at radius 1 is 1.18 bits per heavy atom. The number of nitrogens with zero attached hydrogens (tertiary/aromatic N) is 1. The normalized spacial score (nSPS) is 11.5. The van der Waals surface area contributed by atoms with E-state index in [2.05, 4.69) is 55.3 Å². The monoisotopic (exact) mass is 301 g/mol. The highest BCUT2D eigenvalue weighted by molar-refractivity contribution is 5.47. The molecule has 0 fully saturated rings. The molecule has 0 aliphatic rings. The van der Waals surface area contributed by atoms with Gasteiger partial charge in [-0.05, 0) is 30.7 Å². The van der Waals surface area contributed by atoms with E-state index in [1.54, 1.807) is 0 Å². The standard InChI is InChI=1S/C18H27N3O/c1-5-6-11-22-16-9-7-15(8-10-16)19-12-14-13-20-21-17(14)18(2,3)4/h7-10,13,19H,5-6,11-12H2,1-4H3,(H,20,21). The van der Waals surface area contributed by atoms with Crippen LogP contribution in [-0.2, 0) is 12.0 Å². The van der Waals surface area contributed by atoms with Crippen LogP contribution in [0.2, 0.25) is 0 Å². The molecule has 0 unspecified atom stereocenters. The van der Waals surface area contributed by atoms with Crippen LogP contribution in [0, 0.1) is 0 Å². The summed E-state index contributed by atoms with van der Waals surface area (Å²) in [5, 5.41) is 10.8. The van der Waals surface area contributed by atoms with Gasteiger partial charge in [0.1, 0.15) is 5.75 Å². The topological polar surface area (TPSA) is 49.9 Å². The summed E-state index contributed by atoms with van der Waals surface area (Å²) in [5.41, 5.74) is 3.45. The average molecular weight is 301 g/mol. The highest BCUT2D eigenvalue weighted by Gasteiger charge is 2.20. The molecule has 22 heavy (non-hydrogen) atoms. The number of H-pyrrole nitrogens is 1. The van der Waals surface area contributed by atoms with Crippen LogP contribution in [0.5, 0.6) is 5.75 Å². The Labute approximate surface area is 133 Å². The second kappa shape index (κ2) is 7.34. The maximum absolute atomic E-state index is 5.67. The van der Waals surface area contributed by atoms with Crippen molar-refractivity contribution in [2.24, 2.45) is 0 Å². The number of unbranched alkanes of at least 4 members (excludes halogenated alkanes) is 1. The summed E-state index contributed by atoms with van der Waals surface area (Å²) in [6, 6.07) is 8.13. The van der Waals surface area contributed by atoms with Gasteiger partial charge >= 0.3 is 0 Å². The van der Waals surface area contributed by atoms with Crippen molar-refractivity contribution >= 4 is 5.69 Å². The van der Waals surface area contributed by atoms with Gasteiger partial charge in [-0.15, -0.1) is 0 Å². The minimum Gasteiger partial charge on any atom is -0.494 e. The summed E-state index contributed by atoms with van der Waals surface area (Å²) >= 11 is 0. The highest BCUT2D eigenvalue weighted by Crippen LogP contribution is 2.24. The zero-order chi connectivity index (χ0) is 16.0. The van der Waals surface area contributed by atoms with Gasteiger partial charge < -0.3 is 10.1 Å². The van der Waals surface area contributed by atoms with Crippen molar-refractivity contribution in [2.45, 2.75) is 52.5 Å². The second-order valence-corrected chi connectivity index (χ2v) is 6.59. The zero-order valence-electron chi connectivity index (χ0n) is 14.1. The van der Waals surface area contributed by atoms with Crippen LogP contribution in [0.3, 0.4) is 0 Å². The number of benzene rings is 1. The molecule has 2 rings (SSSR count). The summed E-state index contributed by atoms with van der Waals surface area (Å²) in [7, 11) is 0. The summed E-state index contributed by atoms with van der Waals surface area (Å²) < 4.78 is 5.67. The lowest BCUT2D eigenvalue weighted by Crippen LogP contribution is -2.15. The van der Waals surface area contributed by atoms with Crippen molar-refractivity contribution in [1.29, 1.82) is 0 Å². The predicted molar refractivity (Wildman–Crippen MR) is 91.5 cm³/mol. The molecule has 0 amide bonds. The maximum atomic E-state index is 5.67. The van der Waals surface area contributed by atoms with Gasteiger partial charge in [-0.3, -0.25) is 5.10 Å². The maximum Gasteiger partial charge on any atom is 0.119 e. The lowest BCUT2D eigenvalue weighted by Gasteiger charge is -2.17. The molecule has 2 aromatic rings. The van der Waals surface area contributed by atoms with Crippen LogP contribution >= 0.6 is 0 Å². The lowest BCUT2D eigenvalue weighted by atomic mass is 9.89. The molecule has 1 aromatic carbocycles. The SMILES string of the molecule is CCCCOc1ccc(NCc2c[nH]nc2C(C)(C)C)cc1. The highest BCUT2D eigenvalue weighted by atomic mass is 16.5. The Balaban J connectivity index is 1.91. The summed E-state index contributed by atoms with van der Waals surface area (Å²) in [6.07, 6.45) is 4.21. The minimum atomic E-state index is 0.0496.